The second-order valence-electron chi connectivity index (χ2n) is 8.13. The number of carbonyl (C=O) groups excluding carboxylic acids is 1. The fourth-order valence-electron chi connectivity index (χ4n) is 3.91. The van der Waals surface area contributed by atoms with Crippen molar-refractivity contribution < 1.29 is 14.1 Å². The standard InChI is InChI=1S/C21H28N4O3/c22-14-21(10-2-1-3-11-21)12-19(26)23-16-6-8-17(9-7-16)27-13-18-24-20(28-25-18)15-4-5-15/h6-9,15H,1-5,10-14,22H2,(H,23,26). The minimum Gasteiger partial charge on any atom is -0.485 e. The lowest BCUT2D eigenvalue weighted by Gasteiger charge is -2.35. The summed E-state index contributed by atoms with van der Waals surface area (Å²) in [6.45, 7) is 0.840. The van der Waals surface area contributed by atoms with Crippen molar-refractivity contribution in [2.45, 2.75) is 63.9 Å². The van der Waals surface area contributed by atoms with Crippen LogP contribution in [0.1, 0.15) is 69.0 Å². The first kappa shape index (κ1) is 18.9. The summed E-state index contributed by atoms with van der Waals surface area (Å²) in [4.78, 5) is 16.8. The van der Waals surface area contributed by atoms with Crippen LogP contribution in [0.25, 0.3) is 0 Å². The lowest BCUT2D eigenvalue weighted by molar-refractivity contribution is -0.118. The largest absolute Gasteiger partial charge is 0.485 e. The first-order chi connectivity index (χ1) is 13.7. The van der Waals surface area contributed by atoms with Gasteiger partial charge in [-0.3, -0.25) is 4.79 Å². The Morgan fingerprint density at radius 3 is 2.64 bits per heavy atom. The molecule has 1 aromatic carbocycles. The molecule has 0 aliphatic heterocycles. The van der Waals surface area contributed by atoms with Crippen molar-refractivity contribution in [2.24, 2.45) is 11.1 Å². The van der Waals surface area contributed by atoms with E-state index in [0.29, 0.717) is 36.3 Å². The molecule has 4 rings (SSSR count). The van der Waals surface area contributed by atoms with E-state index in [-0.39, 0.29) is 17.9 Å². The van der Waals surface area contributed by atoms with Crippen LogP contribution in [0, 0.1) is 5.41 Å². The van der Waals surface area contributed by atoms with Gasteiger partial charge in [0.2, 0.25) is 17.6 Å². The van der Waals surface area contributed by atoms with Crippen LogP contribution in [0.3, 0.4) is 0 Å². The van der Waals surface area contributed by atoms with E-state index in [1.807, 2.05) is 24.3 Å². The van der Waals surface area contributed by atoms with E-state index in [2.05, 4.69) is 15.5 Å². The number of amides is 1. The molecule has 3 N–H and O–H groups in total. The Hall–Kier alpha value is -2.41. The molecule has 1 amide bonds. The number of nitrogens with one attached hydrogen (secondary N) is 1. The molecule has 2 aliphatic rings. The van der Waals surface area contributed by atoms with Crippen LogP contribution < -0.4 is 15.8 Å². The summed E-state index contributed by atoms with van der Waals surface area (Å²) in [5, 5.41) is 6.92. The molecule has 28 heavy (non-hydrogen) atoms. The number of nitrogens with two attached hydrogens (primary N) is 1. The fraction of sp³-hybridized carbons (Fsp3) is 0.571. The monoisotopic (exact) mass is 384 g/mol. The molecule has 0 saturated heterocycles. The average Bonchev–Trinajstić information content (AvgIpc) is 3.46. The maximum Gasteiger partial charge on any atom is 0.229 e. The summed E-state index contributed by atoms with van der Waals surface area (Å²) in [6.07, 6.45) is 8.41. The molecule has 2 aliphatic carbocycles. The van der Waals surface area contributed by atoms with Gasteiger partial charge in [0.15, 0.2) is 6.61 Å². The summed E-state index contributed by atoms with van der Waals surface area (Å²) in [7, 11) is 0. The number of hydrogen-bond donors (Lipinski definition) is 2. The first-order valence-corrected chi connectivity index (χ1v) is 10.2. The van der Waals surface area contributed by atoms with Gasteiger partial charge in [0, 0.05) is 18.0 Å². The third-order valence-electron chi connectivity index (χ3n) is 5.80. The van der Waals surface area contributed by atoms with Crippen molar-refractivity contribution in [3.8, 4) is 5.75 Å². The Morgan fingerprint density at radius 1 is 1.21 bits per heavy atom. The Bertz CT molecular complexity index is 792. The van der Waals surface area contributed by atoms with Crippen molar-refractivity contribution in [2.75, 3.05) is 11.9 Å². The Balaban J connectivity index is 1.27. The normalized spacial score (nSPS) is 18.6. The number of rotatable bonds is 8. The summed E-state index contributed by atoms with van der Waals surface area (Å²) >= 11 is 0. The molecule has 7 heteroatoms. The van der Waals surface area contributed by atoms with Gasteiger partial charge < -0.3 is 20.3 Å². The fourth-order valence-corrected chi connectivity index (χ4v) is 3.91. The molecule has 0 bridgehead atoms. The van der Waals surface area contributed by atoms with Crippen LogP contribution >= 0.6 is 0 Å². The van der Waals surface area contributed by atoms with Gasteiger partial charge in [-0.15, -0.1) is 0 Å². The van der Waals surface area contributed by atoms with Crippen molar-refractivity contribution >= 4 is 11.6 Å². The number of ether oxygens (including phenoxy) is 1. The molecule has 2 saturated carbocycles. The van der Waals surface area contributed by atoms with E-state index >= 15 is 0 Å². The van der Waals surface area contributed by atoms with Crippen molar-refractivity contribution in [3.05, 3.63) is 36.0 Å². The summed E-state index contributed by atoms with van der Waals surface area (Å²) in [5.74, 6) is 2.43. The smallest absolute Gasteiger partial charge is 0.229 e. The van der Waals surface area contributed by atoms with Crippen LogP contribution in [0.5, 0.6) is 5.75 Å². The van der Waals surface area contributed by atoms with Gasteiger partial charge in [0.1, 0.15) is 5.75 Å². The van der Waals surface area contributed by atoms with Gasteiger partial charge in [-0.05, 0) is 61.9 Å². The summed E-state index contributed by atoms with van der Waals surface area (Å²) in [6, 6.07) is 7.35. The maximum atomic E-state index is 12.5. The van der Waals surface area contributed by atoms with Gasteiger partial charge in [-0.25, -0.2) is 0 Å². The van der Waals surface area contributed by atoms with Crippen LogP contribution in [0.2, 0.25) is 0 Å². The third kappa shape index (κ3) is 4.70. The quantitative estimate of drug-likeness (QED) is 0.718. The molecular weight excluding hydrogens is 356 g/mol. The molecule has 2 fully saturated rings. The average molecular weight is 384 g/mol. The molecule has 7 nitrogen and oxygen atoms in total. The third-order valence-corrected chi connectivity index (χ3v) is 5.80. The lowest BCUT2D eigenvalue weighted by Crippen LogP contribution is -2.36. The van der Waals surface area contributed by atoms with Gasteiger partial charge in [0.25, 0.3) is 0 Å². The number of anilines is 1. The highest BCUT2D eigenvalue weighted by Crippen LogP contribution is 2.39. The minimum absolute atomic E-state index is 0.0282. The topological polar surface area (TPSA) is 103 Å². The Morgan fingerprint density at radius 2 is 1.96 bits per heavy atom. The number of hydrogen-bond acceptors (Lipinski definition) is 6. The number of carbonyl (C=O) groups is 1. The zero-order valence-electron chi connectivity index (χ0n) is 16.2. The first-order valence-electron chi connectivity index (χ1n) is 10.2. The molecule has 0 unspecified atom stereocenters. The SMILES string of the molecule is NCC1(CC(=O)Nc2ccc(OCc3noc(C4CC4)n3)cc2)CCCCC1. The highest BCUT2D eigenvalue weighted by Gasteiger charge is 2.33. The predicted octanol–water partition coefficient (Wildman–Crippen LogP) is 3.76. The van der Waals surface area contributed by atoms with E-state index in [4.69, 9.17) is 15.0 Å². The van der Waals surface area contributed by atoms with Gasteiger partial charge in [-0.2, -0.15) is 4.98 Å². The van der Waals surface area contributed by atoms with E-state index < -0.39 is 0 Å². The summed E-state index contributed by atoms with van der Waals surface area (Å²) < 4.78 is 10.9. The van der Waals surface area contributed by atoms with Gasteiger partial charge in [-0.1, -0.05) is 24.4 Å². The molecule has 150 valence electrons. The van der Waals surface area contributed by atoms with Crippen LogP contribution in [-0.4, -0.2) is 22.6 Å². The second kappa shape index (κ2) is 8.31. The Kier molecular flexibility index (Phi) is 5.62. The highest BCUT2D eigenvalue weighted by atomic mass is 16.5. The van der Waals surface area contributed by atoms with Crippen molar-refractivity contribution in [1.29, 1.82) is 0 Å². The lowest BCUT2D eigenvalue weighted by atomic mass is 9.71. The Labute approximate surface area is 165 Å². The predicted molar refractivity (Wildman–Crippen MR) is 105 cm³/mol. The van der Waals surface area contributed by atoms with E-state index in [0.717, 1.165) is 31.4 Å². The number of aromatic nitrogens is 2. The molecular formula is C21H28N4O3. The minimum atomic E-state index is -0.0324. The highest BCUT2D eigenvalue weighted by molar-refractivity contribution is 5.91. The van der Waals surface area contributed by atoms with E-state index in [9.17, 15) is 4.79 Å². The van der Waals surface area contributed by atoms with Crippen LogP contribution in [0.4, 0.5) is 5.69 Å². The zero-order chi connectivity index (χ0) is 19.4. The van der Waals surface area contributed by atoms with Gasteiger partial charge in [0.05, 0.1) is 0 Å². The van der Waals surface area contributed by atoms with Gasteiger partial charge >= 0.3 is 0 Å². The molecule has 0 radical (unpaired) electrons. The zero-order valence-corrected chi connectivity index (χ0v) is 16.2. The number of benzene rings is 1. The molecule has 0 atom stereocenters. The molecule has 1 heterocycles. The van der Waals surface area contributed by atoms with Crippen molar-refractivity contribution in [3.63, 3.8) is 0 Å². The molecule has 0 spiro atoms. The van der Waals surface area contributed by atoms with Crippen LogP contribution in [0.15, 0.2) is 28.8 Å². The van der Waals surface area contributed by atoms with E-state index in [1.165, 1.54) is 19.3 Å². The summed E-state index contributed by atoms with van der Waals surface area (Å²) in [5.41, 5.74) is 6.72. The van der Waals surface area contributed by atoms with Crippen molar-refractivity contribution in [1.82, 2.24) is 10.1 Å². The maximum absolute atomic E-state index is 12.5. The second-order valence-corrected chi connectivity index (χ2v) is 8.13. The molecule has 2 aromatic rings. The van der Waals surface area contributed by atoms with Crippen LogP contribution in [-0.2, 0) is 11.4 Å². The molecule has 1 aromatic heterocycles. The number of nitrogens with zero attached hydrogens (tertiary/aromatic N) is 2. The van der Waals surface area contributed by atoms with E-state index in [1.54, 1.807) is 0 Å².